The van der Waals surface area contributed by atoms with Crippen LogP contribution in [0.2, 0.25) is 0 Å². The first-order valence-electron chi connectivity index (χ1n) is 13.0. The molecule has 1 aromatic heterocycles. The van der Waals surface area contributed by atoms with Gasteiger partial charge in [-0.3, -0.25) is 19.2 Å². The Bertz CT molecular complexity index is 1110. The Morgan fingerprint density at radius 3 is 2.31 bits per heavy atom. The minimum absolute atomic E-state index is 0.00385. The number of carboxylic acids is 1. The summed E-state index contributed by atoms with van der Waals surface area (Å²) in [5, 5.41) is 22.6. The number of nitrogens with one attached hydrogen (secondary N) is 2. The van der Waals surface area contributed by atoms with Gasteiger partial charge in [0, 0.05) is 23.1 Å². The van der Waals surface area contributed by atoms with Crippen molar-refractivity contribution in [3.05, 3.63) is 35.5 Å². The third kappa shape index (κ3) is 5.78. The number of fused-ring (bicyclic) bond motifs is 1. The molecule has 0 radical (unpaired) electrons. The van der Waals surface area contributed by atoms with E-state index in [0.29, 0.717) is 29.3 Å². The molecule has 1 unspecified atom stereocenters. The molecule has 2 fully saturated rings. The second kappa shape index (κ2) is 11.7. The quantitative estimate of drug-likeness (QED) is 0.310. The SMILES string of the molecule is O=C(O)CN(C(=O)C(=O)c1c[nH]c2cc(CO)ccc12)C(C(=O)NC1CCCCC1)C1CCCCC1. The van der Waals surface area contributed by atoms with E-state index >= 15 is 0 Å². The van der Waals surface area contributed by atoms with Crippen molar-refractivity contribution < 1.29 is 29.4 Å². The number of H-pyrrole nitrogens is 1. The van der Waals surface area contributed by atoms with E-state index < -0.39 is 30.2 Å². The van der Waals surface area contributed by atoms with Crippen molar-refractivity contribution in [2.24, 2.45) is 5.92 Å². The fourth-order valence-electron chi connectivity index (χ4n) is 5.74. The van der Waals surface area contributed by atoms with E-state index in [0.717, 1.165) is 56.3 Å². The Morgan fingerprint density at radius 2 is 1.67 bits per heavy atom. The lowest BCUT2D eigenvalue weighted by molar-refractivity contribution is -0.148. The van der Waals surface area contributed by atoms with E-state index in [4.69, 9.17) is 0 Å². The molecular formula is C27H35N3O6. The van der Waals surface area contributed by atoms with Gasteiger partial charge >= 0.3 is 5.97 Å². The van der Waals surface area contributed by atoms with Crippen LogP contribution in [0.5, 0.6) is 0 Å². The first-order valence-corrected chi connectivity index (χ1v) is 13.0. The molecule has 2 aromatic rings. The van der Waals surface area contributed by atoms with Crippen LogP contribution >= 0.6 is 0 Å². The van der Waals surface area contributed by atoms with Crippen molar-refractivity contribution in [3.63, 3.8) is 0 Å². The molecule has 9 heteroatoms. The van der Waals surface area contributed by atoms with E-state index in [1.807, 2.05) is 0 Å². The number of nitrogens with zero attached hydrogens (tertiary/aromatic N) is 1. The smallest absolute Gasteiger partial charge is 0.323 e. The molecule has 0 bridgehead atoms. The van der Waals surface area contributed by atoms with Gasteiger partial charge in [0.15, 0.2) is 0 Å². The van der Waals surface area contributed by atoms with Gasteiger partial charge in [-0.05, 0) is 43.2 Å². The third-order valence-corrected chi connectivity index (χ3v) is 7.59. The van der Waals surface area contributed by atoms with Crippen LogP contribution in [0.3, 0.4) is 0 Å². The number of aliphatic hydroxyl groups excluding tert-OH is 1. The monoisotopic (exact) mass is 497 g/mol. The molecule has 1 aromatic carbocycles. The number of aromatic nitrogens is 1. The number of aromatic amines is 1. The van der Waals surface area contributed by atoms with Gasteiger partial charge in [0.25, 0.3) is 11.7 Å². The zero-order valence-corrected chi connectivity index (χ0v) is 20.5. The summed E-state index contributed by atoms with van der Waals surface area (Å²) >= 11 is 0. The van der Waals surface area contributed by atoms with E-state index in [1.165, 1.54) is 6.20 Å². The Morgan fingerprint density at radius 1 is 1.00 bits per heavy atom. The number of carboxylic acid groups (broad SMARTS) is 1. The molecule has 0 spiro atoms. The fourth-order valence-corrected chi connectivity index (χ4v) is 5.74. The van der Waals surface area contributed by atoms with Gasteiger partial charge in [0.2, 0.25) is 5.91 Å². The number of aliphatic carboxylic acids is 1. The van der Waals surface area contributed by atoms with Crippen LogP contribution in [-0.4, -0.2) is 62.3 Å². The summed E-state index contributed by atoms with van der Waals surface area (Å²) in [6.45, 7) is -0.885. The summed E-state index contributed by atoms with van der Waals surface area (Å²) in [7, 11) is 0. The van der Waals surface area contributed by atoms with Gasteiger partial charge in [-0.25, -0.2) is 0 Å². The zero-order chi connectivity index (χ0) is 25.7. The van der Waals surface area contributed by atoms with Crippen molar-refractivity contribution >= 4 is 34.5 Å². The molecule has 0 saturated heterocycles. The molecule has 0 aliphatic heterocycles. The van der Waals surface area contributed by atoms with Crippen molar-refractivity contribution in [2.45, 2.75) is 82.9 Å². The number of ketones is 1. The second-order valence-electron chi connectivity index (χ2n) is 10.1. The second-order valence-corrected chi connectivity index (χ2v) is 10.1. The topological polar surface area (TPSA) is 140 Å². The highest BCUT2D eigenvalue weighted by atomic mass is 16.4. The number of benzene rings is 1. The van der Waals surface area contributed by atoms with E-state index in [-0.39, 0.29) is 30.0 Å². The van der Waals surface area contributed by atoms with E-state index in [1.54, 1.807) is 18.2 Å². The minimum atomic E-state index is -1.27. The first-order chi connectivity index (χ1) is 17.4. The third-order valence-electron chi connectivity index (χ3n) is 7.59. The predicted octanol–water partition coefficient (Wildman–Crippen LogP) is 3.15. The van der Waals surface area contributed by atoms with Gasteiger partial charge < -0.3 is 25.4 Å². The highest BCUT2D eigenvalue weighted by Crippen LogP contribution is 2.31. The summed E-state index contributed by atoms with van der Waals surface area (Å²) in [4.78, 5) is 56.4. The average molecular weight is 498 g/mol. The molecule has 9 nitrogen and oxygen atoms in total. The van der Waals surface area contributed by atoms with Crippen LogP contribution < -0.4 is 5.32 Å². The molecule has 1 atom stereocenters. The van der Waals surface area contributed by atoms with Crippen molar-refractivity contribution in [2.75, 3.05) is 6.54 Å². The summed E-state index contributed by atoms with van der Waals surface area (Å²) in [5.74, 6) is -3.67. The lowest BCUT2D eigenvalue weighted by Crippen LogP contribution is -2.58. The lowest BCUT2D eigenvalue weighted by atomic mass is 9.82. The lowest BCUT2D eigenvalue weighted by Gasteiger charge is -2.38. The molecular weight excluding hydrogens is 462 g/mol. The summed E-state index contributed by atoms with van der Waals surface area (Å²) in [5.41, 5.74) is 1.35. The predicted molar refractivity (Wildman–Crippen MR) is 133 cm³/mol. The van der Waals surface area contributed by atoms with Gasteiger partial charge in [0.05, 0.1) is 12.2 Å². The number of aliphatic hydroxyl groups is 1. The molecule has 2 saturated carbocycles. The van der Waals surface area contributed by atoms with Crippen LogP contribution in [0.1, 0.15) is 80.1 Å². The molecule has 194 valence electrons. The number of amides is 2. The maximum atomic E-state index is 13.6. The number of carbonyl (C=O) groups excluding carboxylic acids is 3. The van der Waals surface area contributed by atoms with Crippen LogP contribution in [0.25, 0.3) is 10.9 Å². The zero-order valence-electron chi connectivity index (χ0n) is 20.5. The number of Topliss-reactive ketones (excluding diaryl/α,β-unsaturated/α-hetero) is 1. The number of rotatable bonds is 9. The van der Waals surface area contributed by atoms with E-state index in [9.17, 15) is 29.4 Å². The number of carbonyl (C=O) groups is 4. The van der Waals surface area contributed by atoms with Crippen LogP contribution in [0.15, 0.2) is 24.4 Å². The molecule has 2 aliphatic carbocycles. The van der Waals surface area contributed by atoms with E-state index in [2.05, 4.69) is 10.3 Å². The van der Waals surface area contributed by atoms with Crippen molar-refractivity contribution in [1.29, 1.82) is 0 Å². The molecule has 36 heavy (non-hydrogen) atoms. The summed E-state index contributed by atoms with van der Waals surface area (Å²) in [6.07, 6.45) is 10.6. The van der Waals surface area contributed by atoms with Crippen LogP contribution in [0, 0.1) is 5.92 Å². The van der Waals surface area contributed by atoms with Crippen LogP contribution in [0.4, 0.5) is 0 Å². The summed E-state index contributed by atoms with van der Waals surface area (Å²) < 4.78 is 0. The molecule has 4 N–H and O–H groups in total. The number of hydrogen-bond donors (Lipinski definition) is 4. The Kier molecular flexibility index (Phi) is 8.40. The van der Waals surface area contributed by atoms with Gasteiger partial charge in [-0.15, -0.1) is 0 Å². The largest absolute Gasteiger partial charge is 0.480 e. The molecule has 4 rings (SSSR count). The van der Waals surface area contributed by atoms with Gasteiger partial charge in [-0.1, -0.05) is 50.7 Å². The van der Waals surface area contributed by atoms with Crippen molar-refractivity contribution in [3.8, 4) is 0 Å². The fraction of sp³-hybridized carbons (Fsp3) is 0.556. The molecule has 2 amide bonds. The highest BCUT2D eigenvalue weighted by molar-refractivity contribution is 6.45. The number of hydrogen-bond acceptors (Lipinski definition) is 5. The van der Waals surface area contributed by atoms with Gasteiger partial charge in [0.1, 0.15) is 12.6 Å². The summed E-state index contributed by atoms with van der Waals surface area (Å²) in [6, 6.07) is 3.99. The molecule has 1 heterocycles. The Labute approximate surface area is 210 Å². The van der Waals surface area contributed by atoms with Crippen molar-refractivity contribution in [1.82, 2.24) is 15.2 Å². The minimum Gasteiger partial charge on any atom is -0.480 e. The standard InChI is InChI=1S/C27H35N3O6/c31-16-17-11-12-20-21(14-28-22(20)13-17)25(34)27(36)30(15-23(32)33)24(18-7-3-1-4-8-18)26(35)29-19-9-5-2-6-10-19/h11-14,18-19,24,28,31H,1-10,15-16H2,(H,29,35)(H,32,33). The molecule has 2 aliphatic rings. The highest BCUT2D eigenvalue weighted by Gasteiger charge is 2.41. The van der Waals surface area contributed by atoms with Crippen LogP contribution in [-0.2, 0) is 21.0 Å². The average Bonchev–Trinajstić information content (AvgIpc) is 3.31. The van der Waals surface area contributed by atoms with Gasteiger partial charge in [-0.2, -0.15) is 0 Å². The maximum Gasteiger partial charge on any atom is 0.323 e. The normalized spacial score (nSPS) is 18.0. The maximum absolute atomic E-state index is 13.6. The first kappa shape index (κ1) is 25.9. The Balaban J connectivity index is 1.65. The Hall–Kier alpha value is -3.20.